The van der Waals surface area contributed by atoms with Gasteiger partial charge < -0.3 is 10.4 Å². The summed E-state index contributed by atoms with van der Waals surface area (Å²) >= 11 is 0. The fourth-order valence-corrected chi connectivity index (χ4v) is 1.95. The first kappa shape index (κ1) is 14.7. The maximum absolute atomic E-state index is 13.8. The van der Waals surface area contributed by atoms with Crippen LogP contribution in [0.1, 0.15) is 21.5 Å². The van der Waals surface area contributed by atoms with E-state index in [9.17, 15) is 14.0 Å². The Morgan fingerprint density at radius 3 is 2.57 bits per heavy atom. The minimum absolute atomic E-state index is 0.0780. The summed E-state index contributed by atoms with van der Waals surface area (Å²) in [5.74, 6) is -2.22. The van der Waals surface area contributed by atoms with Crippen LogP contribution in [0.15, 0.2) is 42.5 Å². The van der Waals surface area contributed by atoms with Gasteiger partial charge >= 0.3 is 5.97 Å². The molecule has 0 bridgehead atoms. The summed E-state index contributed by atoms with van der Waals surface area (Å²) in [6.07, 6.45) is -0.215. The molecule has 0 radical (unpaired) electrons. The van der Waals surface area contributed by atoms with Crippen LogP contribution in [0.5, 0.6) is 0 Å². The number of carboxylic acids is 1. The zero-order chi connectivity index (χ0) is 15.4. The summed E-state index contributed by atoms with van der Waals surface area (Å²) in [4.78, 5) is 22.9. The molecule has 2 aromatic rings. The Morgan fingerprint density at radius 2 is 1.90 bits per heavy atom. The van der Waals surface area contributed by atoms with E-state index in [2.05, 4.69) is 5.32 Å². The van der Waals surface area contributed by atoms with E-state index < -0.39 is 17.7 Å². The van der Waals surface area contributed by atoms with Crippen molar-refractivity contribution in [3.05, 3.63) is 65.0 Å². The van der Waals surface area contributed by atoms with Crippen LogP contribution < -0.4 is 5.32 Å². The van der Waals surface area contributed by atoms with Gasteiger partial charge in [0.05, 0.1) is 12.0 Å². The van der Waals surface area contributed by atoms with Crippen molar-refractivity contribution in [2.75, 3.05) is 5.32 Å². The van der Waals surface area contributed by atoms with E-state index in [0.29, 0.717) is 11.3 Å². The normalized spacial score (nSPS) is 10.2. The van der Waals surface area contributed by atoms with Crippen LogP contribution in [0.2, 0.25) is 0 Å². The first-order chi connectivity index (χ1) is 9.97. The second-order valence-corrected chi connectivity index (χ2v) is 4.67. The van der Waals surface area contributed by atoms with Crippen LogP contribution >= 0.6 is 0 Å². The number of para-hydroxylation sites is 1. The average Bonchev–Trinajstić information content (AvgIpc) is 2.40. The van der Waals surface area contributed by atoms with Crippen LogP contribution in [0.3, 0.4) is 0 Å². The topological polar surface area (TPSA) is 66.4 Å². The van der Waals surface area contributed by atoms with Gasteiger partial charge in [0.15, 0.2) is 0 Å². The van der Waals surface area contributed by atoms with Crippen LogP contribution in [0, 0.1) is 12.7 Å². The van der Waals surface area contributed by atoms with Gasteiger partial charge in [0, 0.05) is 5.69 Å². The van der Waals surface area contributed by atoms with Crippen molar-refractivity contribution >= 4 is 17.6 Å². The van der Waals surface area contributed by atoms with Crippen LogP contribution in [-0.2, 0) is 11.2 Å². The molecule has 0 aliphatic carbocycles. The molecular formula is C16H14FNO3. The van der Waals surface area contributed by atoms with E-state index >= 15 is 0 Å². The van der Waals surface area contributed by atoms with Gasteiger partial charge in [-0.3, -0.25) is 9.59 Å². The molecule has 2 N–H and O–H groups in total. The van der Waals surface area contributed by atoms with E-state index in [-0.39, 0.29) is 12.0 Å². The summed E-state index contributed by atoms with van der Waals surface area (Å²) in [5, 5.41) is 11.4. The lowest BCUT2D eigenvalue weighted by Gasteiger charge is -2.10. The number of benzene rings is 2. The van der Waals surface area contributed by atoms with Crippen molar-refractivity contribution < 1.29 is 19.1 Å². The number of aryl methyl sites for hydroxylation is 1. The zero-order valence-electron chi connectivity index (χ0n) is 11.4. The largest absolute Gasteiger partial charge is 0.481 e. The van der Waals surface area contributed by atoms with Gasteiger partial charge in [-0.15, -0.1) is 0 Å². The van der Waals surface area contributed by atoms with Gasteiger partial charge in [-0.2, -0.15) is 0 Å². The highest BCUT2D eigenvalue weighted by Gasteiger charge is 2.14. The molecule has 0 aliphatic heterocycles. The molecule has 0 fully saturated rings. The molecule has 0 saturated carbocycles. The molecule has 0 spiro atoms. The van der Waals surface area contributed by atoms with Gasteiger partial charge in [0.2, 0.25) is 0 Å². The number of halogens is 1. The average molecular weight is 287 g/mol. The molecule has 0 unspecified atom stereocenters. The number of carboxylic acid groups (broad SMARTS) is 1. The number of anilines is 1. The quantitative estimate of drug-likeness (QED) is 0.908. The predicted octanol–water partition coefficient (Wildman–Crippen LogP) is 3.01. The first-order valence-electron chi connectivity index (χ1n) is 6.34. The van der Waals surface area contributed by atoms with E-state index in [4.69, 9.17) is 5.11 Å². The van der Waals surface area contributed by atoms with Crippen molar-refractivity contribution in [2.24, 2.45) is 0 Å². The number of carbonyl (C=O) groups is 2. The van der Waals surface area contributed by atoms with Crippen molar-refractivity contribution in [2.45, 2.75) is 13.3 Å². The number of carbonyl (C=O) groups excluding carboxylic acids is 1. The molecule has 21 heavy (non-hydrogen) atoms. The van der Waals surface area contributed by atoms with Crippen LogP contribution in [0.4, 0.5) is 10.1 Å². The van der Waals surface area contributed by atoms with Gasteiger partial charge in [-0.05, 0) is 36.2 Å². The van der Waals surface area contributed by atoms with Crippen molar-refractivity contribution in [3.63, 3.8) is 0 Å². The molecule has 0 aromatic heterocycles. The third-order valence-electron chi connectivity index (χ3n) is 2.98. The zero-order valence-corrected chi connectivity index (χ0v) is 11.4. The lowest BCUT2D eigenvalue weighted by Crippen LogP contribution is -2.16. The number of amides is 1. The Hall–Kier alpha value is -2.69. The van der Waals surface area contributed by atoms with E-state index in [1.165, 1.54) is 12.1 Å². The van der Waals surface area contributed by atoms with Crippen LogP contribution in [0.25, 0.3) is 0 Å². The number of aliphatic carboxylic acids is 1. The second-order valence-electron chi connectivity index (χ2n) is 4.67. The Kier molecular flexibility index (Phi) is 4.33. The summed E-state index contributed by atoms with van der Waals surface area (Å²) in [5.41, 5.74) is 1.47. The lowest BCUT2D eigenvalue weighted by molar-refractivity contribution is -0.136. The smallest absolute Gasteiger partial charge is 0.307 e. The van der Waals surface area contributed by atoms with Crippen molar-refractivity contribution in [1.29, 1.82) is 0 Å². The standard InChI is InChI=1S/C16H14FNO3/c1-10-6-7-12(13(17)8-10)16(21)18-14-5-3-2-4-11(14)9-15(19)20/h2-8H,9H2,1H3,(H,18,21)(H,19,20). The second kappa shape index (κ2) is 6.17. The lowest BCUT2D eigenvalue weighted by atomic mass is 10.1. The van der Waals surface area contributed by atoms with Gasteiger partial charge in [-0.25, -0.2) is 4.39 Å². The Labute approximate surface area is 121 Å². The number of nitrogens with one attached hydrogen (secondary N) is 1. The molecule has 0 heterocycles. The maximum Gasteiger partial charge on any atom is 0.307 e. The molecule has 2 aromatic carbocycles. The van der Waals surface area contributed by atoms with E-state index in [1.54, 1.807) is 37.3 Å². The molecule has 0 saturated heterocycles. The fourth-order valence-electron chi connectivity index (χ4n) is 1.95. The third kappa shape index (κ3) is 3.66. The Morgan fingerprint density at radius 1 is 1.19 bits per heavy atom. The Bertz CT molecular complexity index is 698. The minimum atomic E-state index is -1.00. The van der Waals surface area contributed by atoms with Gasteiger partial charge in [0.1, 0.15) is 5.82 Å². The first-order valence-corrected chi connectivity index (χ1v) is 6.34. The number of rotatable bonds is 4. The summed E-state index contributed by atoms with van der Waals surface area (Å²) < 4.78 is 13.8. The van der Waals surface area contributed by atoms with Crippen LogP contribution in [-0.4, -0.2) is 17.0 Å². The molecule has 5 heteroatoms. The molecule has 2 rings (SSSR count). The van der Waals surface area contributed by atoms with E-state index in [0.717, 1.165) is 5.56 Å². The number of hydrogen-bond acceptors (Lipinski definition) is 2. The number of hydrogen-bond donors (Lipinski definition) is 2. The van der Waals surface area contributed by atoms with Gasteiger partial charge in [0.25, 0.3) is 5.91 Å². The van der Waals surface area contributed by atoms with Crippen molar-refractivity contribution in [1.82, 2.24) is 0 Å². The monoisotopic (exact) mass is 287 g/mol. The summed E-state index contributed by atoms with van der Waals surface area (Å²) in [6, 6.07) is 10.9. The molecular weight excluding hydrogens is 273 g/mol. The Balaban J connectivity index is 2.25. The SMILES string of the molecule is Cc1ccc(C(=O)Nc2ccccc2CC(=O)O)c(F)c1. The summed E-state index contributed by atoms with van der Waals surface area (Å²) in [6.45, 7) is 1.73. The third-order valence-corrected chi connectivity index (χ3v) is 2.98. The fraction of sp³-hybridized carbons (Fsp3) is 0.125. The highest BCUT2D eigenvalue weighted by Crippen LogP contribution is 2.18. The maximum atomic E-state index is 13.8. The summed E-state index contributed by atoms with van der Waals surface area (Å²) in [7, 11) is 0. The van der Waals surface area contributed by atoms with Gasteiger partial charge in [-0.1, -0.05) is 24.3 Å². The molecule has 1 amide bonds. The van der Waals surface area contributed by atoms with Crippen molar-refractivity contribution in [3.8, 4) is 0 Å². The highest BCUT2D eigenvalue weighted by atomic mass is 19.1. The molecule has 4 nitrogen and oxygen atoms in total. The molecule has 108 valence electrons. The molecule has 0 atom stereocenters. The predicted molar refractivity (Wildman–Crippen MR) is 76.9 cm³/mol. The minimum Gasteiger partial charge on any atom is -0.481 e. The highest BCUT2D eigenvalue weighted by molar-refractivity contribution is 6.05. The molecule has 0 aliphatic rings. The van der Waals surface area contributed by atoms with E-state index in [1.807, 2.05) is 0 Å².